The lowest BCUT2D eigenvalue weighted by atomic mass is 9.97. The second kappa shape index (κ2) is 7.92. The number of amides is 1. The summed E-state index contributed by atoms with van der Waals surface area (Å²) in [5.74, 6) is 0.992. The maximum absolute atomic E-state index is 12.9. The van der Waals surface area contributed by atoms with E-state index in [4.69, 9.17) is 9.47 Å². The van der Waals surface area contributed by atoms with Gasteiger partial charge in [-0.25, -0.2) is 13.1 Å². The van der Waals surface area contributed by atoms with Crippen LogP contribution in [0.1, 0.15) is 36.0 Å². The number of ether oxygens (including phenoxy) is 2. The van der Waals surface area contributed by atoms with Gasteiger partial charge in [-0.1, -0.05) is 6.07 Å². The molecule has 2 aromatic rings. The molecule has 0 bridgehead atoms. The van der Waals surface area contributed by atoms with Crippen LogP contribution >= 0.6 is 0 Å². The topological polar surface area (TPSA) is 84.9 Å². The highest BCUT2D eigenvalue weighted by Gasteiger charge is 2.38. The number of carbonyl (C=O) groups excluding carboxylic acids is 1. The Morgan fingerprint density at radius 2 is 1.90 bits per heavy atom. The fourth-order valence-corrected chi connectivity index (χ4v) is 5.39. The molecule has 0 saturated heterocycles. The number of anilines is 1. The molecule has 0 spiro atoms. The Labute approximate surface area is 177 Å². The number of rotatable bonds is 7. The zero-order valence-corrected chi connectivity index (χ0v) is 18.2. The molecule has 4 rings (SSSR count). The lowest BCUT2D eigenvalue weighted by Gasteiger charge is -2.26. The van der Waals surface area contributed by atoms with Gasteiger partial charge in [0.15, 0.2) is 11.5 Å². The number of carbonyl (C=O) groups is 1. The highest BCUT2D eigenvalue weighted by Crippen LogP contribution is 2.43. The summed E-state index contributed by atoms with van der Waals surface area (Å²) < 4.78 is 39.1. The number of benzene rings is 2. The zero-order chi connectivity index (χ0) is 21.5. The lowest BCUT2D eigenvalue weighted by molar-refractivity contribution is -0.119. The predicted octanol–water partition coefficient (Wildman–Crippen LogP) is 2.62. The Morgan fingerprint density at radius 3 is 2.63 bits per heavy atom. The molecule has 0 saturated carbocycles. The van der Waals surface area contributed by atoms with Gasteiger partial charge in [-0.3, -0.25) is 4.79 Å². The second-order valence-corrected chi connectivity index (χ2v) is 9.44. The number of sulfonamides is 1. The third-order valence-corrected chi connectivity index (χ3v) is 7.30. The molecule has 0 aliphatic carbocycles. The van der Waals surface area contributed by atoms with Crippen LogP contribution < -0.4 is 19.1 Å². The van der Waals surface area contributed by atoms with Crippen molar-refractivity contribution in [3.63, 3.8) is 0 Å². The van der Waals surface area contributed by atoms with Crippen LogP contribution in [0.5, 0.6) is 11.5 Å². The van der Waals surface area contributed by atoms with Crippen molar-refractivity contribution in [3.05, 3.63) is 47.0 Å². The predicted molar refractivity (Wildman–Crippen MR) is 114 cm³/mol. The van der Waals surface area contributed by atoms with Gasteiger partial charge < -0.3 is 14.4 Å². The summed E-state index contributed by atoms with van der Waals surface area (Å²) in [6, 6.07) is 8.91. The summed E-state index contributed by atoms with van der Waals surface area (Å²) in [5.41, 5.74) is 3.62. The molecule has 7 nitrogen and oxygen atoms in total. The molecule has 0 aromatic heterocycles. The van der Waals surface area contributed by atoms with E-state index in [0.717, 1.165) is 35.2 Å². The third kappa shape index (κ3) is 3.54. The minimum Gasteiger partial charge on any atom is -0.493 e. The van der Waals surface area contributed by atoms with Gasteiger partial charge >= 0.3 is 0 Å². The number of methoxy groups -OCH3 is 2. The number of nitrogens with one attached hydrogen (secondary N) is 1. The largest absolute Gasteiger partial charge is 0.493 e. The van der Waals surface area contributed by atoms with Gasteiger partial charge in [-0.05, 0) is 67.1 Å². The monoisotopic (exact) mass is 430 g/mol. The van der Waals surface area contributed by atoms with Crippen molar-refractivity contribution in [1.29, 1.82) is 0 Å². The first-order valence-corrected chi connectivity index (χ1v) is 11.5. The average molecular weight is 431 g/mol. The van der Waals surface area contributed by atoms with Crippen LogP contribution in [0.4, 0.5) is 5.69 Å². The Bertz CT molecular complexity index is 1100. The molecule has 2 aliphatic rings. The molecule has 0 unspecified atom stereocenters. The standard InChI is InChI=1S/C22H26N2O5S/c1-14-18-13-17(12-16-5-4-10-24(21(16)18)22(14)25)30(26,27)23-9-8-15-6-7-19(28-2)20(11-15)29-3/h6-7,11-14,23H,4-5,8-10H2,1-3H3/t14-/m1/s1. The van der Waals surface area contributed by atoms with Crippen molar-refractivity contribution < 1.29 is 22.7 Å². The molecule has 2 heterocycles. The summed E-state index contributed by atoms with van der Waals surface area (Å²) in [6.07, 6.45) is 2.15. The van der Waals surface area contributed by atoms with Crippen LogP contribution in [0.3, 0.4) is 0 Å². The Kier molecular flexibility index (Phi) is 5.46. The molecular weight excluding hydrogens is 404 g/mol. The molecule has 0 fully saturated rings. The summed E-state index contributed by atoms with van der Waals surface area (Å²) in [4.78, 5) is 14.5. The zero-order valence-electron chi connectivity index (χ0n) is 17.4. The van der Waals surface area contributed by atoms with Crippen molar-refractivity contribution in [2.24, 2.45) is 0 Å². The van der Waals surface area contributed by atoms with Crippen LogP contribution in [-0.2, 0) is 27.7 Å². The molecule has 1 atom stereocenters. The van der Waals surface area contributed by atoms with Crippen LogP contribution in [0.15, 0.2) is 35.2 Å². The SMILES string of the molecule is COc1ccc(CCNS(=O)(=O)c2cc3c4c(c2)[C@@H](C)C(=O)N4CCC3)cc1OC. The van der Waals surface area contributed by atoms with Gasteiger partial charge in [-0.2, -0.15) is 0 Å². The Balaban J connectivity index is 1.52. The molecule has 1 amide bonds. The van der Waals surface area contributed by atoms with Crippen LogP contribution in [0.2, 0.25) is 0 Å². The highest BCUT2D eigenvalue weighted by atomic mass is 32.2. The van der Waals surface area contributed by atoms with Gasteiger partial charge in [0.1, 0.15) is 0 Å². The fourth-order valence-electron chi connectivity index (χ4n) is 4.27. The van der Waals surface area contributed by atoms with Gasteiger partial charge in [0.05, 0.1) is 30.7 Å². The maximum atomic E-state index is 12.9. The number of aryl methyl sites for hydroxylation is 1. The van der Waals surface area contributed by atoms with Gasteiger partial charge in [0.25, 0.3) is 0 Å². The van der Waals surface area contributed by atoms with Crippen molar-refractivity contribution in [3.8, 4) is 11.5 Å². The van der Waals surface area contributed by atoms with Gasteiger partial charge in [0.2, 0.25) is 15.9 Å². The van der Waals surface area contributed by atoms with Crippen molar-refractivity contribution in [2.45, 2.75) is 37.0 Å². The van der Waals surface area contributed by atoms with Crippen molar-refractivity contribution in [2.75, 3.05) is 32.2 Å². The summed E-state index contributed by atoms with van der Waals surface area (Å²) >= 11 is 0. The van der Waals surface area contributed by atoms with Crippen molar-refractivity contribution >= 4 is 21.6 Å². The Morgan fingerprint density at radius 1 is 1.13 bits per heavy atom. The number of nitrogens with zero attached hydrogens (tertiary/aromatic N) is 1. The van der Waals surface area contributed by atoms with E-state index >= 15 is 0 Å². The van der Waals surface area contributed by atoms with Crippen LogP contribution in [0.25, 0.3) is 0 Å². The molecule has 0 radical (unpaired) electrons. The van der Waals surface area contributed by atoms with Crippen LogP contribution in [0, 0.1) is 0 Å². The summed E-state index contributed by atoms with van der Waals surface area (Å²) in [7, 11) is -0.544. The smallest absolute Gasteiger partial charge is 0.240 e. The second-order valence-electron chi connectivity index (χ2n) is 7.67. The van der Waals surface area contributed by atoms with Gasteiger partial charge in [-0.15, -0.1) is 0 Å². The minimum atomic E-state index is -3.68. The summed E-state index contributed by atoms with van der Waals surface area (Å²) in [6.45, 7) is 2.81. The molecule has 30 heavy (non-hydrogen) atoms. The summed E-state index contributed by atoms with van der Waals surface area (Å²) in [5, 5.41) is 0. The molecule has 1 N–H and O–H groups in total. The fraction of sp³-hybridized carbons (Fsp3) is 0.409. The van der Waals surface area contributed by atoms with E-state index in [9.17, 15) is 13.2 Å². The first-order chi connectivity index (χ1) is 14.4. The van der Waals surface area contributed by atoms with E-state index < -0.39 is 10.0 Å². The van der Waals surface area contributed by atoms with E-state index in [1.807, 2.05) is 19.1 Å². The molecule has 2 aromatic carbocycles. The first-order valence-electron chi connectivity index (χ1n) is 10.0. The first kappa shape index (κ1) is 20.7. The van der Waals surface area contributed by atoms with Gasteiger partial charge in [0, 0.05) is 13.1 Å². The van der Waals surface area contributed by atoms with E-state index in [-0.39, 0.29) is 23.3 Å². The molecule has 160 valence electrons. The maximum Gasteiger partial charge on any atom is 0.240 e. The van der Waals surface area contributed by atoms with E-state index in [1.165, 1.54) is 0 Å². The quantitative estimate of drug-likeness (QED) is 0.730. The highest BCUT2D eigenvalue weighted by molar-refractivity contribution is 7.89. The molecule has 2 aliphatic heterocycles. The normalized spacial score (nSPS) is 17.8. The Hall–Kier alpha value is -2.58. The lowest BCUT2D eigenvalue weighted by Crippen LogP contribution is -2.32. The number of hydrogen-bond donors (Lipinski definition) is 1. The minimum absolute atomic E-state index is 0.0573. The van der Waals surface area contributed by atoms with Crippen LogP contribution in [-0.4, -0.2) is 41.6 Å². The third-order valence-electron chi connectivity index (χ3n) is 5.86. The van der Waals surface area contributed by atoms with E-state index in [1.54, 1.807) is 37.3 Å². The molecular formula is C22H26N2O5S. The van der Waals surface area contributed by atoms with E-state index in [0.29, 0.717) is 24.5 Å². The number of hydrogen-bond acceptors (Lipinski definition) is 5. The average Bonchev–Trinajstić information content (AvgIpc) is 3.00. The van der Waals surface area contributed by atoms with E-state index in [2.05, 4.69) is 4.72 Å². The van der Waals surface area contributed by atoms with Crippen molar-refractivity contribution in [1.82, 2.24) is 4.72 Å². The molecule has 8 heteroatoms.